The summed E-state index contributed by atoms with van der Waals surface area (Å²) in [6, 6.07) is 1.18. The number of amides is 1. The third kappa shape index (κ3) is 3.23. The van der Waals surface area contributed by atoms with Crippen molar-refractivity contribution in [1.82, 2.24) is 10.2 Å². The monoisotopic (exact) mass is 253 g/mol. The van der Waals surface area contributed by atoms with Gasteiger partial charge >= 0.3 is 0 Å². The lowest BCUT2D eigenvalue weighted by Crippen LogP contribution is -2.43. The molecule has 0 saturated heterocycles. The molecule has 104 valence electrons. The summed E-state index contributed by atoms with van der Waals surface area (Å²) in [5.74, 6) is 0.786. The van der Waals surface area contributed by atoms with E-state index in [0.29, 0.717) is 18.5 Å². The SMILES string of the molecule is CC(CNC(=O)[C@@H]1CCC[C@@H]1CN)N(C)C1CC1. The van der Waals surface area contributed by atoms with Crippen LogP contribution in [-0.2, 0) is 4.79 Å². The second kappa shape index (κ2) is 6.02. The zero-order valence-corrected chi connectivity index (χ0v) is 11.7. The molecule has 3 N–H and O–H groups in total. The molecule has 18 heavy (non-hydrogen) atoms. The lowest BCUT2D eigenvalue weighted by Gasteiger charge is -2.26. The summed E-state index contributed by atoms with van der Waals surface area (Å²) in [5, 5.41) is 3.12. The first kappa shape index (κ1) is 13.8. The molecule has 4 heteroatoms. The third-order valence-electron chi connectivity index (χ3n) is 4.69. The first-order chi connectivity index (χ1) is 8.63. The summed E-state index contributed by atoms with van der Waals surface area (Å²) < 4.78 is 0. The second-order valence-corrected chi connectivity index (χ2v) is 6.02. The summed E-state index contributed by atoms with van der Waals surface area (Å²) in [7, 11) is 2.16. The maximum Gasteiger partial charge on any atom is 0.223 e. The highest BCUT2D eigenvalue weighted by Gasteiger charge is 2.33. The minimum absolute atomic E-state index is 0.161. The Morgan fingerprint density at radius 3 is 2.72 bits per heavy atom. The van der Waals surface area contributed by atoms with E-state index in [1.165, 1.54) is 12.8 Å². The highest BCUT2D eigenvalue weighted by molar-refractivity contribution is 5.79. The van der Waals surface area contributed by atoms with Crippen molar-refractivity contribution in [2.75, 3.05) is 20.1 Å². The summed E-state index contributed by atoms with van der Waals surface area (Å²) in [6.07, 6.45) is 5.91. The first-order valence-electron chi connectivity index (χ1n) is 7.33. The van der Waals surface area contributed by atoms with Gasteiger partial charge < -0.3 is 11.1 Å². The van der Waals surface area contributed by atoms with Gasteiger partial charge in [0.15, 0.2) is 0 Å². The van der Waals surface area contributed by atoms with E-state index in [2.05, 4.69) is 24.2 Å². The van der Waals surface area contributed by atoms with Gasteiger partial charge in [0.25, 0.3) is 0 Å². The molecule has 0 aromatic rings. The largest absolute Gasteiger partial charge is 0.354 e. The minimum Gasteiger partial charge on any atom is -0.354 e. The fourth-order valence-corrected chi connectivity index (χ4v) is 3.03. The van der Waals surface area contributed by atoms with Crippen molar-refractivity contribution in [2.45, 2.75) is 51.1 Å². The van der Waals surface area contributed by atoms with Crippen molar-refractivity contribution in [2.24, 2.45) is 17.6 Å². The predicted octanol–water partition coefficient (Wildman–Crippen LogP) is 0.960. The molecule has 0 bridgehead atoms. The van der Waals surface area contributed by atoms with E-state index in [1.807, 2.05) is 0 Å². The topological polar surface area (TPSA) is 58.4 Å². The third-order valence-corrected chi connectivity index (χ3v) is 4.69. The molecule has 2 aliphatic carbocycles. The molecule has 2 fully saturated rings. The van der Waals surface area contributed by atoms with Gasteiger partial charge in [-0.3, -0.25) is 9.69 Å². The van der Waals surface area contributed by atoms with Crippen molar-refractivity contribution in [3.05, 3.63) is 0 Å². The van der Waals surface area contributed by atoms with Crippen LogP contribution in [0.2, 0.25) is 0 Å². The highest BCUT2D eigenvalue weighted by Crippen LogP contribution is 2.31. The number of likely N-dealkylation sites (N-methyl/N-ethyl adjacent to an activating group) is 1. The molecule has 4 nitrogen and oxygen atoms in total. The zero-order chi connectivity index (χ0) is 13.1. The van der Waals surface area contributed by atoms with E-state index in [9.17, 15) is 4.79 Å². The Kier molecular flexibility index (Phi) is 4.62. The number of nitrogens with one attached hydrogen (secondary N) is 1. The van der Waals surface area contributed by atoms with Crippen molar-refractivity contribution in [1.29, 1.82) is 0 Å². The second-order valence-electron chi connectivity index (χ2n) is 6.02. The lowest BCUT2D eigenvalue weighted by molar-refractivity contribution is -0.126. The number of carbonyl (C=O) groups excluding carboxylic acids is 1. The fraction of sp³-hybridized carbons (Fsp3) is 0.929. The first-order valence-corrected chi connectivity index (χ1v) is 7.33. The number of nitrogens with two attached hydrogens (primary N) is 1. The Morgan fingerprint density at radius 1 is 1.39 bits per heavy atom. The van der Waals surface area contributed by atoms with E-state index in [0.717, 1.165) is 31.8 Å². The Morgan fingerprint density at radius 2 is 2.11 bits per heavy atom. The van der Waals surface area contributed by atoms with Crippen LogP contribution in [0.1, 0.15) is 39.0 Å². The molecule has 2 aliphatic rings. The molecule has 0 aliphatic heterocycles. The highest BCUT2D eigenvalue weighted by atomic mass is 16.1. The van der Waals surface area contributed by atoms with Crippen molar-refractivity contribution in [3.8, 4) is 0 Å². The smallest absolute Gasteiger partial charge is 0.223 e. The molecule has 0 radical (unpaired) electrons. The number of carbonyl (C=O) groups is 1. The molecular formula is C14H27N3O. The molecule has 3 atom stereocenters. The number of nitrogens with zero attached hydrogens (tertiary/aromatic N) is 1. The van der Waals surface area contributed by atoms with Crippen LogP contribution in [0.15, 0.2) is 0 Å². The Labute approximate surface area is 110 Å². The van der Waals surface area contributed by atoms with Gasteiger partial charge in [-0.05, 0) is 52.1 Å². The van der Waals surface area contributed by atoms with Crippen LogP contribution >= 0.6 is 0 Å². The Hall–Kier alpha value is -0.610. The Balaban J connectivity index is 1.73. The van der Waals surface area contributed by atoms with Gasteiger partial charge in [0, 0.05) is 24.5 Å². The average Bonchev–Trinajstić information content (AvgIpc) is 3.11. The zero-order valence-electron chi connectivity index (χ0n) is 11.7. The van der Waals surface area contributed by atoms with Crippen LogP contribution in [0, 0.1) is 11.8 Å². The van der Waals surface area contributed by atoms with Crippen LogP contribution < -0.4 is 11.1 Å². The standard InChI is InChI=1S/C14H27N3O/c1-10(17(2)12-6-7-12)9-16-14(18)13-5-3-4-11(13)8-15/h10-13H,3-9,15H2,1-2H3,(H,16,18)/t10?,11-,13-/m1/s1. The van der Waals surface area contributed by atoms with Gasteiger partial charge in [-0.2, -0.15) is 0 Å². The average molecular weight is 253 g/mol. The quantitative estimate of drug-likeness (QED) is 0.741. The lowest BCUT2D eigenvalue weighted by atomic mass is 9.95. The maximum atomic E-state index is 12.1. The van der Waals surface area contributed by atoms with Gasteiger partial charge in [-0.15, -0.1) is 0 Å². The van der Waals surface area contributed by atoms with Gasteiger partial charge in [-0.1, -0.05) is 6.42 Å². The molecule has 0 aromatic heterocycles. The number of hydrogen-bond acceptors (Lipinski definition) is 3. The fourth-order valence-electron chi connectivity index (χ4n) is 3.03. The van der Waals surface area contributed by atoms with Crippen molar-refractivity contribution >= 4 is 5.91 Å². The molecule has 0 spiro atoms. The van der Waals surface area contributed by atoms with E-state index in [-0.39, 0.29) is 11.8 Å². The van der Waals surface area contributed by atoms with Gasteiger partial charge in [0.1, 0.15) is 0 Å². The van der Waals surface area contributed by atoms with E-state index in [1.54, 1.807) is 0 Å². The summed E-state index contributed by atoms with van der Waals surface area (Å²) in [6.45, 7) is 3.60. The van der Waals surface area contributed by atoms with Crippen LogP contribution in [0.4, 0.5) is 0 Å². The molecule has 2 rings (SSSR count). The van der Waals surface area contributed by atoms with Crippen LogP contribution in [0.3, 0.4) is 0 Å². The molecule has 1 unspecified atom stereocenters. The Bertz CT molecular complexity index is 291. The van der Waals surface area contributed by atoms with Crippen LogP contribution in [0.5, 0.6) is 0 Å². The maximum absolute atomic E-state index is 12.1. The van der Waals surface area contributed by atoms with Gasteiger partial charge in [0.2, 0.25) is 5.91 Å². The van der Waals surface area contributed by atoms with E-state index < -0.39 is 0 Å². The molecular weight excluding hydrogens is 226 g/mol. The van der Waals surface area contributed by atoms with E-state index >= 15 is 0 Å². The summed E-state index contributed by atoms with van der Waals surface area (Å²) in [5.41, 5.74) is 5.73. The summed E-state index contributed by atoms with van der Waals surface area (Å²) >= 11 is 0. The number of hydrogen-bond donors (Lipinski definition) is 2. The molecule has 0 heterocycles. The predicted molar refractivity (Wildman–Crippen MR) is 73.1 cm³/mol. The molecule has 1 amide bonds. The minimum atomic E-state index is 0.161. The van der Waals surface area contributed by atoms with Crippen molar-refractivity contribution in [3.63, 3.8) is 0 Å². The van der Waals surface area contributed by atoms with Crippen LogP contribution in [0.25, 0.3) is 0 Å². The number of rotatable bonds is 6. The van der Waals surface area contributed by atoms with Gasteiger partial charge in [-0.25, -0.2) is 0 Å². The summed E-state index contributed by atoms with van der Waals surface area (Å²) in [4.78, 5) is 14.5. The normalized spacial score (nSPS) is 29.6. The van der Waals surface area contributed by atoms with E-state index in [4.69, 9.17) is 5.73 Å². The van der Waals surface area contributed by atoms with Gasteiger partial charge in [0.05, 0.1) is 0 Å². The molecule has 2 saturated carbocycles. The van der Waals surface area contributed by atoms with Crippen LogP contribution in [-0.4, -0.2) is 43.0 Å². The van der Waals surface area contributed by atoms with Crippen molar-refractivity contribution < 1.29 is 4.79 Å². The molecule has 0 aromatic carbocycles.